The van der Waals surface area contributed by atoms with Gasteiger partial charge in [0.2, 0.25) is 0 Å². The van der Waals surface area contributed by atoms with Gasteiger partial charge in [-0.3, -0.25) is 9.88 Å². The molecule has 1 aliphatic rings. The fraction of sp³-hybridized carbons (Fsp3) is 0.250. The number of nitrogens with one attached hydrogen (secondary N) is 1. The maximum atomic E-state index is 4.53. The van der Waals surface area contributed by atoms with E-state index in [1.54, 1.807) is 0 Å². The lowest BCUT2D eigenvalue weighted by Gasteiger charge is -2.40. The predicted octanol–water partition coefficient (Wildman–Crippen LogP) is 4.18. The van der Waals surface area contributed by atoms with Gasteiger partial charge in [0.15, 0.2) is 0 Å². The molecule has 0 radical (unpaired) electrons. The van der Waals surface area contributed by atoms with Gasteiger partial charge in [-0.25, -0.2) is 4.98 Å². The van der Waals surface area contributed by atoms with Gasteiger partial charge in [-0.1, -0.05) is 24.3 Å². The summed E-state index contributed by atoms with van der Waals surface area (Å²) in [6.07, 6.45) is 5.67. The lowest BCUT2D eigenvalue weighted by atomic mass is 9.94. The molecular weight excluding hydrogens is 358 g/mol. The largest absolute Gasteiger partial charge is 0.358 e. The van der Waals surface area contributed by atoms with Crippen molar-refractivity contribution in [2.45, 2.75) is 13.0 Å². The molecule has 0 unspecified atom stereocenters. The normalized spacial score (nSPS) is 16.2. The first-order valence-corrected chi connectivity index (χ1v) is 10.2. The van der Waals surface area contributed by atoms with E-state index < -0.39 is 0 Å². The second kappa shape index (κ2) is 7.68. The fourth-order valence-corrected chi connectivity index (χ4v) is 4.51. The zero-order valence-electron chi connectivity index (χ0n) is 16.6. The van der Waals surface area contributed by atoms with Gasteiger partial charge in [-0.2, -0.15) is 0 Å². The third-order valence-electron chi connectivity index (χ3n) is 5.89. The highest BCUT2D eigenvalue weighted by atomic mass is 15.3. The van der Waals surface area contributed by atoms with Gasteiger partial charge < -0.3 is 9.88 Å². The highest BCUT2D eigenvalue weighted by Gasteiger charge is 2.29. The molecule has 29 heavy (non-hydrogen) atoms. The van der Waals surface area contributed by atoms with Crippen molar-refractivity contribution < 1.29 is 0 Å². The molecule has 4 aromatic rings. The van der Waals surface area contributed by atoms with Crippen LogP contribution >= 0.6 is 0 Å². The maximum absolute atomic E-state index is 4.53. The van der Waals surface area contributed by atoms with Crippen molar-refractivity contribution >= 4 is 16.7 Å². The number of pyridine rings is 2. The highest BCUT2D eigenvalue weighted by Crippen LogP contribution is 2.36. The molecule has 1 fully saturated rings. The van der Waals surface area contributed by atoms with Gasteiger partial charge in [0.1, 0.15) is 5.82 Å². The molecule has 1 aliphatic heterocycles. The van der Waals surface area contributed by atoms with Crippen molar-refractivity contribution in [1.29, 1.82) is 0 Å². The van der Waals surface area contributed by atoms with E-state index in [1.165, 1.54) is 27.7 Å². The van der Waals surface area contributed by atoms with Crippen molar-refractivity contribution in [2.75, 3.05) is 31.1 Å². The number of aromatic nitrogens is 3. The zero-order chi connectivity index (χ0) is 19.6. The van der Waals surface area contributed by atoms with E-state index in [1.807, 2.05) is 24.7 Å². The molecule has 1 saturated heterocycles. The molecule has 146 valence electrons. The topological polar surface area (TPSA) is 48.1 Å². The highest BCUT2D eigenvalue weighted by molar-refractivity contribution is 5.85. The quantitative estimate of drug-likeness (QED) is 0.574. The van der Waals surface area contributed by atoms with Crippen LogP contribution in [0.15, 0.2) is 73.2 Å². The summed E-state index contributed by atoms with van der Waals surface area (Å²) in [6.45, 7) is 6.11. The molecule has 5 rings (SSSR count). The second-order valence-electron chi connectivity index (χ2n) is 7.60. The molecule has 0 aliphatic carbocycles. The predicted molar refractivity (Wildman–Crippen MR) is 117 cm³/mol. The molecule has 3 aromatic heterocycles. The first kappa shape index (κ1) is 17.9. The minimum Gasteiger partial charge on any atom is -0.358 e. The molecule has 0 bridgehead atoms. The Morgan fingerprint density at radius 3 is 2.38 bits per heavy atom. The van der Waals surface area contributed by atoms with Gasteiger partial charge in [-0.15, -0.1) is 0 Å². The molecule has 4 heterocycles. The molecule has 0 amide bonds. The van der Waals surface area contributed by atoms with Crippen LogP contribution in [0.25, 0.3) is 10.9 Å². The van der Waals surface area contributed by atoms with Crippen molar-refractivity contribution in [3.8, 4) is 0 Å². The number of aryl methyl sites for hydroxylation is 1. The summed E-state index contributed by atoms with van der Waals surface area (Å²) in [7, 11) is 0. The van der Waals surface area contributed by atoms with Gasteiger partial charge >= 0.3 is 0 Å². The van der Waals surface area contributed by atoms with E-state index in [0.29, 0.717) is 0 Å². The smallest absolute Gasteiger partial charge is 0.128 e. The number of anilines is 1. The SMILES string of the molecule is Cc1[nH]c2ccccc2c1[C@@H](c1ccncc1)N1CCN(c2ccccn2)CC1. The number of H-pyrrole nitrogens is 1. The van der Waals surface area contributed by atoms with Crippen LogP contribution in [-0.2, 0) is 0 Å². The Balaban J connectivity index is 1.50. The van der Waals surface area contributed by atoms with E-state index in [0.717, 1.165) is 32.0 Å². The molecular formula is C24H25N5. The van der Waals surface area contributed by atoms with Crippen LogP contribution in [0.4, 0.5) is 5.82 Å². The van der Waals surface area contributed by atoms with E-state index in [9.17, 15) is 0 Å². The van der Waals surface area contributed by atoms with Crippen molar-refractivity contribution in [1.82, 2.24) is 19.9 Å². The second-order valence-corrected chi connectivity index (χ2v) is 7.60. The Hall–Kier alpha value is -3.18. The third kappa shape index (κ3) is 3.38. The molecule has 1 atom stereocenters. The van der Waals surface area contributed by atoms with E-state index in [2.05, 4.69) is 80.2 Å². The minimum atomic E-state index is 0.208. The molecule has 0 spiro atoms. The zero-order valence-corrected chi connectivity index (χ0v) is 16.6. The summed E-state index contributed by atoms with van der Waals surface area (Å²) in [6, 6.07) is 19.2. The Labute approximate surface area is 171 Å². The van der Waals surface area contributed by atoms with Gasteiger partial charge in [0, 0.05) is 66.9 Å². The summed E-state index contributed by atoms with van der Waals surface area (Å²) >= 11 is 0. The minimum absolute atomic E-state index is 0.208. The van der Waals surface area contributed by atoms with Crippen LogP contribution in [0.1, 0.15) is 22.9 Å². The van der Waals surface area contributed by atoms with Crippen LogP contribution in [0.5, 0.6) is 0 Å². The monoisotopic (exact) mass is 383 g/mol. The van der Waals surface area contributed by atoms with Gasteiger partial charge in [0.25, 0.3) is 0 Å². The Morgan fingerprint density at radius 1 is 0.862 bits per heavy atom. The number of hydrogen-bond acceptors (Lipinski definition) is 4. The molecule has 5 nitrogen and oxygen atoms in total. The van der Waals surface area contributed by atoms with Crippen LogP contribution in [0, 0.1) is 6.92 Å². The van der Waals surface area contributed by atoms with Crippen molar-refractivity contribution in [3.63, 3.8) is 0 Å². The number of nitrogens with zero attached hydrogens (tertiary/aromatic N) is 4. The third-order valence-corrected chi connectivity index (χ3v) is 5.89. The first-order chi connectivity index (χ1) is 14.3. The van der Waals surface area contributed by atoms with Crippen molar-refractivity contribution in [3.05, 3.63) is 90.0 Å². The fourth-order valence-electron chi connectivity index (χ4n) is 4.51. The van der Waals surface area contributed by atoms with Gasteiger partial charge in [0.05, 0.1) is 6.04 Å². The van der Waals surface area contributed by atoms with Crippen LogP contribution in [-0.4, -0.2) is 46.0 Å². The number of aromatic amines is 1. The Bertz CT molecular complexity index is 1080. The number of piperazine rings is 1. The Kier molecular flexibility index (Phi) is 4.74. The molecule has 5 heteroatoms. The van der Waals surface area contributed by atoms with Gasteiger partial charge in [-0.05, 0) is 42.8 Å². The number of hydrogen-bond donors (Lipinski definition) is 1. The number of benzene rings is 1. The average molecular weight is 383 g/mol. The lowest BCUT2D eigenvalue weighted by Crippen LogP contribution is -2.48. The van der Waals surface area contributed by atoms with Crippen molar-refractivity contribution in [2.24, 2.45) is 0 Å². The lowest BCUT2D eigenvalue weighted by molar-refractivity contribution is 0.212. The number of fused-ring (bicyclic) bond motifs is 1. The molecule has 0 saturated carbocycles. The van der Waals surface area contributed by atoms with Crippen LogP contribution in [0.2, 0.25) is 0 Å². The molecule has 1 N–H and O–H groups in total. The summed E-state index contributed by atoms with van der Waals surface area (Å²) in [4.78, 5) is 17.3. The summed E-state index contributed by atoms with van der Waals surface area (Å²) in [5.41, 5.74) is 5.10. The Morgan fingerprint density at radius 2 is 1.62 bits per heavy atom. The summed E-state index contributed by atoms with van der Waals surface area (Å²) in [5, 5.41) is 1.30. The number of para-hydroxylation sites is 1. The average Bonchev–Trinajstić information content (AvgIpc) is 3.12. The molecule has 1 aromatic carbocycles. The first-order valence-electron chi connectivity index (χ1n) is 10.2. The van der Waals surface area contributed by atoms with E-state index in [4.69, 9.17) is 0 Å². The van der Waals surface area contributed by atoms with E-state index >= 15 is 0 Å². The number of rotatable bonds is 4. The standard InChI is InChI=1S/C24H25N5/c1-18-23(20-6-2-3-7-21(20)27-18)24(19-9-12-25-13-10-19)29-16-14-28(15-17-29)22-8-4-5-11-26-22/h2-13,24,27H,14-17H2,1H3/t24-/m1/s1. The summed E-state index contributed by atoms with van der Waals surface area (Å²) in [5.74, 6) is 1.07. The summed E-state index contributed by atoms with van der Waals surface area (Å²) < 4.78 is 0. The van der Waals surface area contributed by atoms with Crippen LogP contribution in [0.3, 0.4) is 0 Å². The van der Waals surface area contributed by atoms with Crippen LogP contribution < -0.4 is 4.90 Å². The maximum Gasteiger partial charge on any atom is 0.128 e. The van der Waals surface area contributed by atoms with E-state index in [-0.39, 0.29) is 6.04 Å².